The minimum atomic E-state index is 0.457. The van der Waals surface area contributed by atoms with Gasteiger partial charge in [-0.25, -0.2) is 0 Å². The molecule has 1 atom stereocenters. The van der Waals surface area contributed by atoms with E-state index in [4.69, 9.17) is 4.52 Å². The monoisotopic (exact) mass is 277 g/mol. The molecule has 0 radical (unpaired) electrons. The highest BCUT2D eigenvalue weighted by atomic mass is 32.1. The van der Waals surface area contributed by atoms with Crippen LogP contribution in [0.4, 0.5) is 0 Å². The second-order valence-electron chi connectivity index (χ2n) is 5.17. The molecule has 5 heteroatoms. The lowest BCUT2D eigenvalue weighted by Gasteiger charge is -2.20. The van der Waals surface area contributed by atoms with Gasteiger partial charge in [-0.1, -0.05) is 18.0 Å². The molecule has 2 heterocycles. The van der Waals surface area contributed by atoms with E-state index >= 15 is 0 Å². The van der Waals surface area contributed by atoms with E-state index < -0.39 is 0 Å². The second-order valence-corrected chi connectivity index (χ2v) is 5.95. The van der Waals surface area contributed by atoms with Crippen LogP contribution < -0.4 is 5.32 Å². The van der Waals surface area contributed by atoms with Gasteiger partial charge in [0.2, 0.25) is 11.7 Å². The van der Waals surface area contributed by atoms with Crippen LogP contribution in [0, 0.1) is 5.92 Å². The summed E-state index contributed by atoms with van der Waals surface area (Å²) in [5.74, 6) is 2.20. The van der Waals surface area contributed by atoms with Crippen molar-refractivity contribution in [2.45, 2.75) is 38.1 Å². The molecule has 0 bridgehead atoms. The number of nitrogens with zero attached hydrogens (tertiary/aromatic N) is 2. The largest absolute Gasteiger partial charge is 0.339 e. The smallest absolute Gasteiger partial charge is 0.228 e. The molecule has 1 aliphatic carbocycles. The summed E-state index contributed by atoms with van der Waals surface area (Å²) in [5.41, 5.74) is 1.04. The van der Waals surface area contributed by atoms with Gasteiger partial charge in [0, 0.05) is 23.4 Å². The Balaban J connectivity index is 1.68. The zero-order valence-electron chi connectivity index (χ0n) is 11.1. The minimum Gasteiger partial charge on any atom is -0.339 e. The van der Waals surface area contributed by atoms with Gasteiger partial charge < -0.3 is 9.84 Å². The molecule has 3 rings (SSSR count). The predicted molar refractivity (Wildman–Crippen MR) is 76.1 cm³/mol. The number of thiophene rings is 1. The van der Waals surface area contributed by atoms with Crippen LogP contribution in [0.25, 0.3) is 11.4 Å². The van der Waals surface area contributed by atoms with Crippen molar-refractivity contribution in [3.8, 4) is 11.4 Å². The van der Waals surface area contributed by atoms with E-state index in [0.29, 0.717) is 11.9 Å². The fraction of sp³-hybridized carbons (Fsp3) is 0.571. The van der Waals surface area contributed by atoms with Gasteiger partial charge >= 0.3 is 0 Å². The Bertz CT molecular complexity index is 503. The Kier molecular flexibility index (Phi) is 3.94. The summed E-state index contributed by atoms with van der Waals surface area (Å²) in [5, 5.41) is 11.5. The number of likely N-dealkylation sites (N-methyl/N-ethyl adjacent to an activating group) is 1. The Labute approximate surface area is 117 Å². The quantitative estimate of drug-likeness (QED) is 0.912. The maximum Gasteiger partial charge on any atom is 0.228 e. The second kappa shape index (κ2) is 5.84. The van der Waals surface area contributed by atoms with Gasteiger partial charge in [-0.05, 0) is 37.3 Å². The van der Waals surface area contributed by atoms with Crippen LogP contribution >= 0.6 is 11.3 Å². The first kappa shape index (κ1) is 12.8. The maximum absolute atomic E-state index is 5.38. The molecule has 0 amide bonds. The Morgan fingerprint density at radius 2 is 2.32 bits per heavy atom. The van der Waals surface area contributed by atoms with Crippen molar-refractivity contribution in [2.24, 2.45) is 5.92 Å². The normalized spacial score (nSPS) is 17.9. The van der Waals surface area contributed by atoms with Crippen molar-refractivity contribution >= 4 is 11.3 Å². The molecule has 2 aromatic heterocycles. The number of hydrogen-bond donors (Lipinski definition) is 1. The number of hydrogen-bond acceptors (Lipinski definition) is 5. The summed E-state index contributed by atoms with van der Waals surface area (Å²) in [6.45, 7) is 0. The van der Waals surface area contributed by atoms with Crippen LogP contribution in [-0.4, -0.2) is 23.2 Å². The van der Waals surface area contributed by atoms with Gasteiger partial charge in [0.25, 0.3) is 0 Å². The van der Waals surface area contributed by atoms with E-state index in [2.05, 4.69) is 15.5 Å². The van der Waals surface area contributed by atoms with Crippen LogP contribution in [-0.2, 0) is 6.42 Å². The third-order valence-corrected chi connectivity index (χ3v) is 4.66. The highest BCUT2D eigenvalue weighted by molar-refractivity contribution is 7.08. The first-order chi connectivity index (χ1) is 9.36. The SMILES string of the molecule is CNC(Cc1nc(-c2ccsc2)no1)C1CCCC1. The van der Waals surface area contributed by atoms with E-state index in [9.17, 15) is 0 Å². The molecule has 1 saturated carbocycles. The highest BCUT2D eigenvalue weighted by Crippen LogP contribution is 2.29. The minimum absolute atomic E-state index is 0.457. The standard InChI is InChI=1S/C14H19N3OS/c1-15-12(10-4-2-3-5-10)8-13-16-14(17-18-13)11-6-7-19-9-11/h6-7,9-10,12,15H,2-5,8H2,1H3. The Morgan fingerprint density at radius 3 is 3.00 bits per heavy atom. The van der Waals surface area contributed by atoms with Crippen molar-refractivity contribution in [2.75, 3.05) is 7.05 Å². The molecule has 1 N–H and O–H groups in total. The fourth-order valence-electron chi connectivity index (χ4n) is 2.90. The van der Waals surface area contributed by atoms with Crippen molar-refractivity contribution in [3.63, 3.8) is 0 Å². The van der Waals surface area contributed by atoms with Crippen LogP contribution in [0.5, 0.6) is 0 Å². The Morgan fingerprint density at radius 1 is 1.47 bits per heavy atom. The van der Waals surface area contributed by atoms with Gasteiger partial charge in [-0.2, -0.15) is 16.3 Å². The van der Waals surface area contributed by atoms with Crippen LogP contribution in [0.15, 0.2) is 21.3 Å². The maximum atomic E-state index is 5.38. The van der Waals surface area contributed by atoms with Crippen LogP contribution in [0.2, 0.25) is 0 Å². The third-order valence-electron chi connectivity index (χ3n) is 3.98. The average molecular weight is 277 g/mol. The van der Waals surface area contributed by atoms with E-state index in [1.165, 1.54) is 25.7 Å². The molecule has 102 valence electrons. The van der Waals surface area contributed by atoms with Gasteiger partial charge in [0.15, 0.2) is 0 Å². The first-order valence-corrected chi connectivity index (χ1v) is 7.83. The average Bonchev–Trinajstić information content (AvgIpc) is 3.15. The Hall–Kier alpha value is -1.20. The van der Waals surface area contributed by atoms with Crippen molar-refractivity contribution < 1.29 is 4.52 Å². The fourth-order valence-corrected chi connectivity index (χ4v) is 3.53. The third kappa shape index (κ3) is 2.87. The lowest BCUT2D eigenvalue weighted by atomic mass is 9.95. The molecule has 1 fully saturated rings. The first-order valence-electron chi connectivity index (χ1n) is 6.89. The number of rotatable bonds is 5. The molecule has 1 aliphatic rings. The zero-order chi connectivity index (χ0) is 13.1. The molecule has 19 heavy (non-hydrogen) atoms. The van der Waals surface area contributed by atoms with Crippen molar-refractivity contribution in [3.05, 3.63) is 22.7 Å². The van der Waals surface area contributed by atoms with E-state index in [-0.39, 0.29) is 0 Å². The van der Waals surface area contributed by atoms with Gasteiger partial charge in [0.1, 0.15) is 0 Å². The van der Waals surface area contributed by atoms with Crippen LogP contribution in [0.1, 0.15) is 31.6 Å². The van der Waals surface area contributed by atoms with E-state index in [1.54, 1.807) is 11.3 Å². The molecule has 2 aromatic rings. The summed E-state index contributed by atoms with van der Waals surface area (Å²) in [6, 6.07) is 2.48. The molecular formula is C14H19N3OS. The molecule has 0 aliphatic heterocycles. The van der Waals surface area contributed by atoms with E-state index in [0.717, 1.165) is 23.8 Å². The topological polar surface area (TPSA) is 51.0 Å². The van der Waals surface area contributed by atoms with Crippen LogP contribution in [0.3, 0.4) is 0 Å². The summed E-state index contributed by atoms with van der Waals surface area (Å²) in [7, 11) is 2.03. The van der Waals surface area contributed by atoms with Crippen molar-refractivity contribution in [1.82, 2.24) is 15.5 Å². The highest BCUT2D eigenvalue weighted by Gasteiger charge is 2.25. The molecular weight excluding hydrogens is 258 g/mol. The van der Waals surface area contributed by atoms with E-state index in [1.807, 2.05) is 23.9 Å². The molecule has 1 unspecified atom stereocenters. The summed E-state index contributed by atoms with van der Waals surface area (Å²) >= 11 is 1.65. The predicted octanol–water partition coefficient (Wildman–Crippen LogP) is 3.12. The van der Waals surface area contributed by atoms with Gasteiger partial charge in [-0.15, -0.1) is 0 Å². The zero-order valence-corrected chi connectivity index (χ0v) is 11.9. The summed E-state index contributed by atoms with van der Waals surface area (Å²) in [4.78, 5) is 4.50. The molecule has 0 spiro atoms. The van der Waals surface area contributed by atoms with Gasteiger partial charge in [-0.3, -0.25) is 0 Å². The summed E-state index contributed by atoms with van der Waals surface area (Å²) < 4.78 is 5.38. The number of nitrogens with one attached hydrogen (secondary N) is 1. The lowest BCUT2D eigenvalue weighted by molar-refractivity contribution is 0.318. The summed E-state index contributed by atoms with van der Waals surface area (Å²) in [6.07, 6.45) is 6.17. The number of aromatic nitrogens is 2. The van der Waals surface area contributed by atoms with Gasteiger partial charge in [0.05, 0.1) is 0 Å². The lowest BCUT2D eigenvalue weighted by Crippen LogP contribution is -2.34. The molecule has 4 nitrogen and oxygen atoms in total. The molecule has 0 aromatic carbocycles. The van der Waals surface area contributed by atoms with Crippen molar-refractivity contribution in [1.29, 1.82) is 0 Å². The molecule has 0 saturated heterocycles.